The van der Waals surface area contributed by atoms with Gasteiger partial charge in [0.1, 0.15) is 0 Å². The lowest BCUT2D eigenvalue weighted by Crippen LogP contribution is -2.59. The van der Waals surface area contributed by atoms with E-state index in [-0.39, 0.29) is 18.0 Å². The Labute approximate surface area is 197 Å². The van der Waals surface area contributed by atoms with Crippen LogP contribution in [0.25, 0.3) is 15.7 Å². The van der Waals surface area contributed by atoms with Crippen molar-refractivity contribution < 1.29 is 9.18 Å². The Morgan fingerprint density at radius 3 is 2.61 bits per heavy atom. The highest BCUT2D eigenvalue weighted by Gasteiger charge is 2.33. The van der Waals surface area contributed by atoms with Crippen molar-refractivity contribution in [3.8, 4) is 0 Å². The van der Waals surface area contributed by atoms with Crippen molar-refractivity contribution in [1.29, 1.82) is 0 Å². The number of amides is 1. The molecule has 2 aromatic heterocycles. The fourth-order valence-electron chi connectivity index (χ4n) is 4.94. The second-order valence-electron chi connectivity index (χ2n) is 8.94. The van der Waals surface area contributed by atoms with Crippen molar-refractivity contribution in [3.05, 3.63) is 59.5 Å². The van der Waals surface area contributed by atoms with Crippen LogP contribution in [0.5, 0.6) is 0 Å². The van der Waals surface area contributed by atoms with Gasteiger partial charge < -0.3 is 9.80 Å². The van der Waals surface area contributed by atoms with Gasteiger partial charge in [-0.3, -0.25) is 9.69 Å². The zero-order chi connectivity index (χ0) is 22.9. The largest absolute Gasteiger partial charge is 0.338 e. The second kappa shape index (κ2) is 9.19. The number of hydrogen-bond acceptors (Lipinski definition) is 6. The molecule has 0 unspecified atom stereocenters. The van der Waals surface area contributed by atoms with Crippen LogP contribution in [-0.4, -0.2) is 70.5 Å². The van der Waals surface area contributed by atoms with Crippen LogP contribution in [0.4, 0.5) is 10.3 Å². The zero-order valence-corrected chi connectivity index (χ0v) is 19.8. The summed E-state index contributed by atoms with van der Waals surface area (Å²) in [6.45, 7) is 7.46. The number of hydrogen-bond donors (Lipinski definition) is 0. The molecule has 0 bridgehead atoms. The van der Waals surface area contributed by atoms with E-state index < -0.39 is 5.82 Å². The van der Waals surface area contributed by atoms with Gasteiger partial charge in [0.2, 0.25) is 11.9 Å². The first kappa shape index (κ1) is 22.0. The number of aromatic nitrogens is 2. The Balaban J connectivity index is 1.21. The Morgan fingerprint density at radius 1 is 1.15 bits per heavy atom. The molecule has 5 rings (SSSR count). The van der Waals surface area contributed by atoms with Gasteiger partial charge in [-0.2, -0.15) is 0 Å². The minimum absolute atomic E-state index is 0.165. The topological polar surface area (TPSA) is 52.6 Å². The summed E-state index contributed by atoms with van der Waals surface area (Å²) in [6, 6.07) is 8.95. The Morgan fingerprint density at radius 2 is 1.91 bits per heavy atom. The third-order valence-corrected chi connectivity index (χ3v) is 7.66. The van der Waals surface area contributed by atoms with Crippen LogP contribution in [0.3, 0.4) is 0 Å². The number of carbonyl (C=O) groups excluding carboxylic acids is 1. The van der Waals surface area contributed by atoms with E-state index in [1.807, 2.05) is 4.90 Å². The molecular weight excluding hydrogens is 437 g/mol. The molecule has 0 saturated carbocycles. The van der Waals surface area contributed by atoms with Gasteiger partial charge in [-0.25, -0.2) is 14.4 Å². The number of thiophene rings is 1. The third-order valence-electron chi connectivity index (χ3n) is 6.70. The number of fused-ring (bicyclic) bond motifs is 1. The van der Waals surface area contributed by atoms with Crippen LogP contribution in [0.1, 0.15) is 25.8 Å². The van der Waals surface area contributed by atoms with Crippen molar-refractivity contribution in [3.63, 3.8) is 0 Å². The van der Waals surface area contributed by atoms with Crippen molar-refractivity contribution in [2.75, 3.05) is 37.6 Å². The molecule has 2 aliphatic rings. The van der Waals surface area contributed by atoms with Crippen molar-refractivity contribution >= 4 is 38.9 Å². The average molecular weight is 466 g/mol. The maximum atomic E-state index is 13.2. The lowest BCUT2D eigenvalue weighted by atomic mass is 9.98. The molecule has 1 aromatic carbocycles. The summed E-state index contributed by atoms with van der Waals surface area (Å²) in [5.41, 5.74) is 2.64. The molecule has 4 heterocycles. The molecule has 2 atom stereocenters. The molecule has 33 heavy (non-hydrogen) atoms. The van der Waals surface area contributed by atoms with E-state index >= 15 is 0 Å². The van der Waals surface area contributed by atoms with Crippen molar-refractivity contribution in [2.24, 2.45) is 0 Å². The number of halogens is 1. The first-order valence-electron chi connectivity index (χ1n) is 11.4. The minimum atomic E-state index is -0.435. The highest BCUT2D eigenvalue weighted by Crippen LogP contribution is 2.32. The molecule has 0 spiro atoms. The van der Waals surface area contributed by atoms with E-state index in [1.165, 1.54) is 33.6 Å². The van der Waals surface area contributed by atoms with E-state index in [9.17, 15) is 9.18 Å². The minimum Gasteiger partial charge on any atom is -0.338 e. The van der Waals surface area contributed by atoms with Crippen LogP contribution >= 0.6 is 11.3 Å². The number of benzene rings is 1. The van der Waals surface area contributed by atoms with Gasteiger partial charge >= 0.3 is 0 Å². The Hall–Kier alpha value is -2.84. The molecule has 0 radical (unpaired) electrons. The Bertz CT molecular complexity index is 1170. The summed E-state index contributed by atoms with van der Waals surface area (Å²) in [7, 11) is 0. The number of carbonyl (C=O) groups is 1. The van der Waals surface area contributed by atoms with E-state index in [1.54, 1.807) is 11.3 Å². The van der Waals surface area contributed by atoms with Crippen LogP contribution in [-0.2, 0) is 4.79 Å². The maximum Gasteiger partial charge on any atom is 0.237 e. The molecule has 6 nitrogen and oxygen atoms in total. The predicted octanol–water partition coefficient (Wildman–Crippen LogP) is 4.05. The second-order valence-corrected chi connectivity index (χ2v) is 9.86. The summed E-state index contributed by atoms with van der Waals surface area (Å²) >= 11 is 1.78. The fraction of sp³-hybridized carbons (Fsp3) is 0.400. The number of piperazine rings is 1. The molecule has 8 heteroatoms. The van der Waals surface area contributed by atoms with E-state index in [2.05, 4.69) is 69.3 Å². The van der Waals surface area contributed by atoms with Crippen molar-refractivity contribution in [2.45, 2.75) is 32.4 Å². The van der Waals surface area contributed by atoms with Crippen LogP contribution in [0.15, 0.2) is 48.1 Å². The van der Waals surface area contributed by atoms with Crippen LogP contribution in [0, 0.1) is 5.82 Å². The van der Waals surface area contributed by atoms with Gasteiger partial charge in [-0.05, 0) is 48.2 Å². The van der Waals surface area contributed by atoms with E-state index in [0.29, 0.717) is 32.1 Å². The lowest BCUT2D eigenvalue weighted by Gasteiger charge is -2.44. The smallest absolute Gasteiger partial charge is 0.237 e. The highest BCUT2D eigenvalue weighted by atomic mass is 32.1. The third kappa shape index (κ3) is 4.50. The van der Waals surface area contributed by atoms with Crippen LogP contribution in [0.2, 0.25) is 0 Å². The SMILES string of the molecule is C[C@@H]1CN(c2ncc(F)cn2)C[C@H](C)N1CC(=O)N1CC=C(c2cccc3ccsc23)CC1. The maximum absolute atomic E-state index is 13.2. The first-order chi connectivity index (χ1) is 16.0. The van der Waals surface area contributed by atoms with Gasteiger partial charge in [-0.15, -0.1) is 11.3 Å². The van der Waals surface area contributed by atoms with Gasteiger partial charge in [0, 0.05) is 43.0 Å². The number of anilines is 1. The quantitative estimate of drug-likeness (QED) is 0.582. The lowest BCUT2D eigenvalue weighted by molar-refractivity contribution is -0.133. The number of rotatable bonds is 4. The fourth-order valence-corrected chi connectivity index (χ4v) is 5.89. The Kier molecular flexibility index (Phi) is 6.12. The van der Waals surface area contributed by atoms with E-state index in [0.717, 1.165) is 13.0 Å². The molecule has 2 aliphatic heterocycles. The molecule has 1 amide bonds. The zero-order valence-electron chi connectivity index (χ0n) is 18.9. The summed E-state index contributed by atoms with van der Waals surface area (Å²) < 4.78 is 14.5. The molecule has 0 aliphatic carbocycles. The predicted molar refractivity (Wildman–Crippen MR) is 131 cm³/mol. The van der Waals surface area contributed by atoms with Crippen LogP contribution < -0.4 is 4.90 Å². The van der Waals surface area contributed by atoms with Crippen molar-refractivity contribution in [1.82, 2.24) is 19.8 Å². The monoisotopic (exact) mass is 465 g/mol. The van der Waals surface area contributed by atoms with E-state index in [4.69, 9.17) is 0 Å². The summed E-state index contributed by atoms with van der Waals surface area (Å²) in [6.07, 6.45) is 5.49. The summed E-state index contributed by atoms with van der Waals surface area (Å²) in [5.74, 6) is 0.273. The standard InChI is InChI=1S/C25H28FN5OS/c1-17-14-30(25-27-12-21(26)13-28-25)15-18(2)31(17)16-23(32)29-9-6-19(7-10-29)22-5-3-4-20-8-11-33-24(20)22/h3-6,8,11-13,17-18H,7,9-10,14-16H2,1-2H3/t17-,18+. The van der Waals surface area contributed by atoms with Gasteiger partial charge in [-0.1, -0.05) is 24.3 Å². The average Bonchev–Trinajstić information content (AvgIpc) is 3.31. The molecule has 1 fully saturated rings. The molecule has 1 saturated heterocycles. The summed E-state index contributed by atoms with van der Waals surface area (Å²) in [4.78, 5) is 27.7. The number of nitrogens with zero attached hydrogens (tertiary/aromatic N) is 5. The summed E-state index contributed by atoms with van der Waals surface area (Å²) in [5, 5.41) is 3.42. The normalized spacial score (nSPS) is 22.0. The first-order valence-corrected chi connectivity index (χ1v) is 12.3. The van der Waals surface area contributed by atoms with Gasteiger partial charge in [0.25, 0.3) is 0 Å². The molecule has 3 aromatic rings. The highest BCUT2D eigenvalue weighted by molar-refractivity contribution is 7.17. The van der Waals surface area contributed by atoms with Gasteiger partial charge in [0.05, 0.1) is 18.9 Å². The molecular formula is C25H28FN5OS. The van der Waals surface area contributed by atoms with Gasteiger partial charge in [0.15, 0.2) is 5.82 Å². The molecule has 0 N–H and O–H groups in total. The molecule has 172 valence electrons.